The van der Waals surface area contributed by atoms with Crippen molar-refractivity contribution in [1.29, 1.82) is 0 Å². The SMILES string of the molecule is CCCC(OCC)c1nc(C)c(CC)c(NCC)n1. The highest BCUT2D eigenvalue weighted by molar-refractivity contribution is 5.46. The monoisotopic (exact) mass is 265 g/mol. The van der Waals surface area contributed by atoms with Crippen LogP contribution in [0, 0.1) is 6.92 Å². The van der Waals surface area contributed by atoms with Gasteiger partial charge in [-0.1, -0.05) is 20.3 Å². The molecule has 108 valence electrons. The lowest BCUT2D eigenvalue weighted by atomic mass is 10.1. The minimum Gasteiger partial charge on any atom is -0.371 e. The van der Waals surface area contributed by atoms with Crippen molar-refractivity contribution >= 4 is 5.82 Å². The number of aromatic nitrogens is 2. The zero-order valence-electron chi connectivity index (χ0n) is 12.9. The third kappa shape index (κ3) is 4.16. The van der Waals surface area contributed by atoms with E-state index < -0.39 is 0 Å². The van der Waals surface area contributed by atoms with E-state index in [-0.39, 0.29) is 6.10 Å². The average molecular weight is 265 g/mol. The number of hydrogen-bond acceptors (Lipinski definition) is 4. The van der Waals surface area contributed by atoms with Gasteiger partial charge in [0.2, 0.25) is 0 Å². The van der Waals surface area contributed by atoms with Crippen LogP contribution in [0.15, 0.2) is 0 Å². The van der Waals surface area contributed by atoms with Crippen LogP contribution < -0.4 is 5.32 Å². The highest BCUT2D eigenvalue weighted by Crippen LogP contribution is 2.24. The van der Waals surface area contributed by atoms with Gasteiger partial charge in [0.05, 0.1) is 0 Å². The first-order valence-electron chi connectivity index (χ1n) is 7.40. The molecule has 0 bridgehead atoms. The number of anilines is 1. The highest BCUT2D eigenvalue weighted by Gasteiger charge is 2.17. The first-order chi connectivity index (χ1) is 9.17. The maximum atomic E-state index is 5.78. The predicted octanol–water partition coefficient (Wildman–Crippen LogP) is 3.66. The second-order valence-electron chi connectivity index (χ2n) is 4.61. The van der Waals surface area contributed by atoms with Gasteiger partial charge in [0.1, 0.15) is 11.9 Å². The molecule has 0 aromatic carbocycles. The summed E-state index contributed by atoms with van der Waals surface area (Å²) >= 11 is 0. The van der Waals surface area contributed by atoms with Crippen LogP contribution in [0.1, 0.15) is 63.7 Å². The molecule has 1 N–H and O–H groups in total. The Bertz CT molecular complexity index is 387. The van der Waals surface area contributed by atoms with E-state index in [1.54, 1.807) is 0 Å². The van der Waals surface area contributed by atoms with Crippen LogP contribution in [0.25, 0.3) is 0 Å². The molecular weight excluding hydrogens is 238 g/mol. The summed E-state index contributed by atoms with van der Waals surface area (Å²) in [5, 5.41) is 3.34. The second kappa shape index (κ2) is 8.10. The normalized spacial score (nSPS) is 12.5. The molecule has 0 saturated heterocycles. The summed E-state index contributed by atoms with van der Waals surface area (Å²) in [5.74, 6) is 1.78. The van der Waals surface area contributed by atoms with Crippen molar-refractivity contribution in [3.8, 4) is 0 Å². The summed E-state index contributed by atoms with van der Waals surface area (Å²) in [7, 11) is 0. The quantitative estimate of drug-likeness (QED) is 0.779. The van der Waals surface area contributed by atoms with E-state index in [1.165, 1.54) is 5.56 Å². The Labute approximate surface area is 117 Å². The van der Waals surface area contributed by atoms with E-state index in [0.29, 0.717) is 6.61 Å². The Balaban J connectivity index is 3.12. The minimum atomic E-state index is 0.0111. The number of nitrogens with one attached hydrogen (secondary N) is 1. The van der Waals surface area contributed by atoms with Crippen LogP contribution in [0.4, 0.5) is 5.82 Å². The van der Waals surface area contributed by atoms with Crippen molar-refractivity contribution in [3.63, 3.8) is 0 Å². The van der Waals surface area contributed by atoms with Crippen molar-refractivity contribution in [2.24, 2.45) is 0 Å². The molecular formula is C15H27N3O. The minimum absolute atomic E-state index is 0.0111. The largest absolute Gasteiger partial charge is 0.371 e. The van der Waals surface area contributed by atoms with Gasteiger partial charge in [0.25, 0.3) is 0 Å². The topological polar surface area (TPSA) is 47.0 Å². The smallest absolute Gasteiger partial charge is 0.159 e. The number of rotatable bonds is 8. The molecule has 1 atom stereocenters. The summed E-state index contributed by atoms with van der Waals surface area (Å²) in [6, 6.07) is 0. The van der Waals surface area contributed by atoms with Gasteiger partial charge < -0.3 is 10.1 Å². The van der Waals surface area contributed by atoms with Crippen molar-refractivity contribution in [2.45, 2.75) is 60.0 Å². The molecule has 1 aromatic rings. The fourth-order valence-corrected chi connectivity index (χ4v) is 2.25. The van der Waals surface area contributed by atoms with Crippen molar-refractivity contribution in [1.82, 2.24) is 9.97 Å². The Morgan fingerprint density at radius 2 is 1.89 bits per heavy atom. The van der Waals surface area contributed by atoms with Crippen molar-refractivity contribution in [2.75, 3.05) is 18.5 Å². The van der Waals surface area contributed by atoms with Crippen LogP contribution >= 0.6 is 0 Å². The molecule has 4 nitrogen and oxygen atoms in total. The summed E-state index contributed by atoms with van der Waals surface area (Å²) < 4.78 is 5.78. The first-order valence-corrected chi connectivity index (χ1v) is 7.40. The predicted molar refractivity (Wildman–Crippen MR) is 79.6 cm³/mol. The van der Waals surface area contributed by atoms with E-state index in [9.17, 15) is 0 Å². The lowest BCUT2D eigenvalue weighted by Gasteiger charge is -2.18. The van der Waals surface area contributed by atoms with Crippen molar-refractivity contribution in [3.05, 3.63) is 17.1 Å². The second-order valence-corrected chi connectivity index (χ2v) is 4.61. The van der Waals surface area contributed by atoms with Crippen LogP contribution in [0.5, 0.6) is 0 Å². The molecule has 1 rings (SSSR count). The van der Waals surface area contributed by atoms with Gasteiger partial charge in [-0.2, -0.15) is 0 Å². The Morgan fingerprint density at radius 3 is 2.42 bits per heavy atom. The Hall–Kier alpha value is -1.16. The van der Waals surface area contributed by atoms with Gasteiger partial charge in [0.15, 0.2) is 5.82 Å². The standard InChI is InChI=1S/C15H27N3O/c1-6-10-13(19-9-4)15-17-11(5)12(7-2)14(18-15)16-8-3/h13H,6-10H2,1-5H3,(H,16,17,18). The molecule has 0 saturated carbocycles. The average Bonchev–Trinajstić information content (AvgIpc) is 2.38. The molecule has 1 heterocycles. The Kier molecular flexibility index (Phi) is 6.78. The van der Waals surface area contributed by atoms with Gasteiger partial charge in [-0.15, -0.1) is 0 Å². The van der Waals surface area contributed by atoms with E-state index >= 15 is 0 Å². The maximum absolute atomic E-state index is 5.78. The summed E-state index contributed by atoms with van der Waals surface area (Å²) in [4.78, 5) is 9.33. The Morgan fingerprint density at radius 1 is 1.16 bits per heavy atom. The number of aryl methyl sites for hydroxylation is 1. The van der Waals surface area contributed by atoms with E-state index in [0.717, 1.165) is 43.1 Å². The fraction of sp³-hybridized carbons (Fsp3) is 0.733. The molecule has 19 heavy (non-hydrogen) atoms. The van der Waals surface area contributed by atoms with Crippen LogP contribution in [0.2, 0.25) is 0 Å². The zero-order valence-corrected chi connectivity index (χ0v) is 12.9. The summed E-state index contributed by atoms with van der Waals surface area (Å²) in [6.45, 7) is 12.0. The number of ether oxygens (including phenoxy) is 1. The molecule has 0 amide bonds. The van der Waals surface area contributed by atoms with E-state index in [2.05, 4.69) is 43.0 Å². The van der Waals surface area contributed by atoms with E-state index in [4.69, 9.17) is 4.74 Å². The summed E-state index contributed by atoms with van der Waals surface area (Å²) in [5.41, 5.74) is 2.27. The molecule has 0 spiro atoms. The molecule has 1 aromatic heterocycles. The van der Waals surface area contributed by atoms with E-state index in [1.807, 2.05) is 6.92 Å². The molecule has 0 aliphatic carbocycles. The van der Waals surface area contributed by atoms with Gasteiger partial charge in [-0.25, -0.2) is 9.97 Å². The number of hydrogen-bond donors (Lipinski definition) is 1. The first kappa shape index (κ1) is 15.9. The molecule has 0 aliphatic rings. The molecule has 0 radical (unpaired) electrons. The fourth-order valence-electron chi connectivity index (χ4n) is 2.25. The summed E-state index contributed by atoms with van der Waals surface area (Å²) in [6.07, 6.45) is 2.99. The molecule has 1 unspecified atom stereocenters. The lowest BCUT2D eigenvalue weighted by Crippen LogP contribution is -2.14. The van der Waals surface area contributed by atoms with Crippen LogP contribution in [-0.2, 0) is 11.2 Å². The maximum Gasteiger partial charge on any atom is 0.159 e. The molecule has 4 heteroatoms. The van der Waals surface area contributed by atoms with Gasteiger partial charge in [-0.3, -0.25) is 0 Å². The van der Waals surface area contributed by atoms with Crippen LogP contribution in [-0.4, -0.2) is 23.1 Å². The third-order valence-corrected chi connectivity index (χ3v) is 3.14. The zero-order chi connectivity index (χ0) is 14.3. The van der Waals surface area contributed by atoms with Crippen LogP contribution in [0.3, 0.4) is 0 Å². The molecule has 0 fully saturated rings. The van der Waals surface area contributed by atoms with Gasteiger partial charge in [0, 0.05) is 24.4 Å². The van der Waals surface area contributed by atoms with Gasteiger partial charge in [-0.05, 0) is 33.6 Å². The van der Waals surface area contributed by atoms with Gasteiger partial charge >= 0.3 is 0 Å². The molecule has 0 aliphatic heterocycles. The third-order valence-electron chi connectivity index (χ3n) is 3.14. The number of nitrogens with zero attached hydrogens (tertiary/aromatic N) is 2. The van der Waals surface area contributed by atoms with Crippen molar-refractivity contribution < 1.29 is 4.74 Å². The highest BCUT2D eigenvalue weighted by atomic mass is 16.5. The lowest BCUT2D eigenvalue weighted by molar-refractivity contribution is 0.0493.